The minimum absolute atomic E-state index is 0.0419. The molecular formula is C18H22N2O5S. The van der Waals surface area contributed by atoms with Crippen molar-refractivity contribution in [3.63, 3.8) is 0 Å². The van der Waals surface area contributed by atoms with Crippen LogP contribution in [0, 0.1) is 0 Å². The molecule has 0 radical (unpaired) electrons. The average Bonchev–Trinajstić information content (AvgIpc) is 2.66. The van der Waals surface area contributed by atoms with Gasteiger partial charge in [-0.05, 0) is 36.8 Å². The van der Waals surface area contributed by atoms with E-state index in [9.17, 15) is 13.2 Å². The van der Waals surface area contributed by atoms with Gasteiger partial charge in [-0.2, -0.15) is 0 Å². The Balaban J connectivity index is 2.24. The third-order valence-electron chi connectivity index (χ3n) is 3.61. The third-order valence-corrected chi connectivity index (χ3v) is 5.06. The number of hydrogen-bond donors (Lipinski definition) is 2. The summed E-state index contributed by atoms with van der Waals surface area (Å²) in [7, 11) is -0.628. The lowest BCUT2D eigenvalue weighted by molar-refractivity contribution is 0.102. The molecule has 7 nitrogen and oxygen atoms in total. The lowest BCUT2D eigenvalue weighted by Crippen LogP contribution is -2.24. The highest BCUT2D eigenvalue weighted by Gasteiger charge is 2.16. The monoisotopic (exact) mass is 378 g/mol. The Morgan fingerprint density at radius 3 is 2.50 bits per heavy atom. The van der Waals surface area contributed by atoms with Crippen LogP contribution in [0.15, 0.2) is 47.4 Å². The van der Waals surface area contributed by atoms with E-state index in [1.165, 1.54) is 32.4 Å². The van der Waals surface area contributed by atoms with Gasteiger partial charge >= 0.3 is 0 Å². The summed E-state index contributed by atoms with van der Waals surface area (Å²) >= 11 is 0. The van der Waals surface area contributed by atoms with E-state index in [0.717, 1.165) is 0 Å². The normalized spacial score (nSPS) is 11.0. The standard InChI is InChI=1S/C18H22N2O5S/c1-4-10-19-26(22,23)15-7-5-6-13(11-15)18(21)20-16-9-8-14(24-2)12-17(16)25-3/h5-9,11-12,19H,4,10H2,1-3H3,(H,20,21). The second-order valence-corrected chi connectivity index (χ2v) is 7.21. The van der Waals surface area contributed by atoms with Crippen molar-refractivity contribution in [1.82, 2.24) is 4.72 Å². The van der Waals surface area contributed by atoms with Gasteiger partial charge in [0.15, 0.2) is 0 Å². The van der Waals surface area contributed by atoms with Gasteiger partial charge in [-0.25, -0.2) is 13.1 Å². The van der Waals surface area contributed by atoms with Gasteiger partial charge in [-0.3, -0.25) is 4.79 Å². The summed E-state index contributed by atoms with van der Waals surface area (Å²) in [4.78, 5) is 12.6. The smallest absolute Gasteiger partial charge is 0.255 e. The third kappa shape index (κ3) is 4.74. The Bertz CT molecular complexity index is 881. The van der Waals surface area contributed by atoms with Crippen LogP contribution in [0.5, 0.6) is 11.5 Å². The number of ether oxygens (including phenoxy) is 2. The molecule has 8 heteroatoms. The second-order valence-electron chi connectivity index (χ2n) is 5.45. The summed E-state index contributed by atoms with van der Waals surface area (Å²) in [5.41, 5.74) is 0.679. The molecule has 26 heavy (non-hydrogen) atoms. The molecule has 0 saturated heterocycles. The molecule has 2 aromatic rings. The molecule has 0 saturated carbocycles. The van der Waals surface area contributed by atoms with E-state index in [2.05, 4.69) is 10.0 Å². The number of rotatable bonds is 8. The number of benzene rings is 2. The van der Waals surface area contributed by atoms with E-state index >= 15 is 0 Å². The zero-order valence-corrected chi connectivity index (χ0v) is 15.7. The maximum Gasteiger partial charge on any atom is 0.255 e. The van der Waals surface area contributed by atoms with E-state index in [1.807, 2.05) is 6.92 Å². The minimum Gasteiger partial charge on any atom is -0.497 e. The largest absolute Gasteiger partial charge is 0.497 e. The van der Waals surface area contributed by atoms with Crippen molar-refractivity contribution in [1.29, 1.82) is 0 Å². The molecule has 0 fully saturated rings. The van der Waals surface area contributed by atoms with Crippen molar-refractivity contribution >= 4 is 21.6 Å². The van der Waals surface area contributed by atoms with Gasteiger partial charge in [-0.15, -0.1) is 0 Å². The van der Waals surface area contributed by atoms with Gasteiger partial charge in [0.1, 0.15) is 11.5 Å². The van der Waals surface area contributed by atoms with Crippen LogP contribution in [-0.4, -0.2) is 35.1 Å². The molecule has 2 rings (SSSR count). The first-order chi connectivity index (χ1) is 12.4. The summed E-state index contributed by atoms with van der Waals surface area (Å²) in [6.07, 6.45) is 0.677. The zero-order chi connectivity index (χ0) is 19.2. The van der Waals surface area contributed by atoms with E-state index in [0.29, 0.717) is 30.2 Å². The quantitative estimate of drug-likeness (QED) is 0.736. The van der Waals surface area contributed by atoms with Crippen LogP contribution in [0.4, 0.5) is 5.69 Å². The van der Waals surface area contributed by atoms with Crippen LogP contribution in [0.3, 0.4) is 0 Å². The van der Waals surface area contributed by atoms with E-state index < -0.39 is 15.9 Å². The Kier molecular flexibility index (Phi) is 6.59. The SMILES string of the molecule is CCCNS(=O)(=O)c1cccc(C(=O)Nc2ccc(OC)cc2OC)c1. The van der Waals surface area contributed by atoms with E-state index in [1.54, 1.807) is 24.3 Å². The summed E-state index contributed by atoms with van der Waals surface area (Å²) in [5.74, 6) is 0.585. The summed E-state index contributed by atoms with van der Waals surface area (Å²) in [6, 6.07) is 10.8. The Hall–Kier alpha value is -2.58. The summed E-state index contributed by atoms with van der Waals surface area (Å²) in [6.45, 7) is 2.20. The van der Waals surface area contributed by atoms with Gasteiger partial charge < -0.3 is 14.8 Å². The van der Waals surface area contributed by atoms with Crippen LogP contribution in [0.2, 0.25) is 0 Å². The van der Waals surface area contributed by atoms with Gasteiger partial charge in [0.25, 0.3) is 5.91 Å². The molecule has 1 amide bonds. The number of nitrogens with one attached hydrogen (secondary N) is 2. The summed E-state index contributed by atoms with van der Waals surface area (Å²) in [5, 5.41) is 2.72. The maximum absolute atomic E-state index is 12.5. The highest BCUT2D eigenvalue weighted by atomic mass is 32.2. The van der Waals surface area contributed by atoms with Gasteiger partial charge in [0.05, 0.1) is 24.8 Å². The molecule has 0 atom stereocenters. The van der Waals surface area contributed by atoms with Crippen LogP contribution < -0.4 is 19.5 Å². The molecule has 2 aromatic carbocycles. The Labute approximate surface area is 153 Å². The minimum atomic E-state index is -3.64. The summed E-state index contributed by atoms with van der Waals surface area (Å²) < 4.78 is 37.3. The van der Waals surface area contributed by atoms with Gasteiger partial charge in [0.2, 0.25) is 10.0 Å². The molecule has 0 aliphatic heterocycles. The lowest BCUT2D eigenvalue weighted by Gasteiger charge is -2.12. The fourth-order valence-electron chi connectivity index (χ4n) is 2.22. The molecule has 0 spiro atoms. The van der Waals surface area contributed by atoms with Crippen molar-refractivity contribution in [2.75, 3.05) is 26.1 Å². The predicted octanol–water partition coefficient (Wildman–Crippen LogP) is 2.64. The first kappa shape index (κ1) is 19.7. The first-order valence-corrected chi connectivity index (χ1v) is 9.52. The number of amides is 1. The molecular weight excluding hydrogens is 356 g/mol. The maximum atomic E-state index is 12.5. The fraction of sp³-hybridized carbons (Fsp3) is 0.278. The van der Waals surface area contributed by atoms with E-state index in [4.69, 9.17) is 9.47 Å². The highest BCUT2D eigenvalue weighted by molar-refractivity contribution is 7.89. The number of hydrogen-bond acceptors (Lipinski definition) is 5. The van der Waals surface area contributed by atoms with Crippen molar-refractivity contribution in [3.05, 3.63) is 48.0 Å². The number of carbonyl (C=O) groups is 1. The topological polar surface area (TPSA) is 93.7 Å². The van der Waals surface area contributed by atoms with E-state index in [-0.39, 0.29) is 10.5 Å². The number of sulfonamides is 1. The van der Waals surface area contributed by atoms with Crippen molar-refractivity contribution in [2.24, 2.45) is 0 Å². The fourth-order valence-corrected chi connectivity index (χ4v) is 3.40. The van der Waals surface area contributed by atoms with Crippen molar-refractivity contribution < 1.29 is 22.7 Å². The zero-order valence-electron chi connectivity index (χ0n) is 14.9. The molecule has 0 bridgehead atoms. The molecule has 0 aliphatic carbocycles. The Morgan fingerprint density at radius 2 is 1.85 bits per heavy atom. The van der Waals surface area contributed by atoms with Crippen LogP contribution >= 0.6 is 0 Å². The molecule has 140 valence electrons. The highest BCUT2D eigenvalue weighted by Crippen LogP contribution is 2.29. The molecule has 0 aromatic heterocycles. The number of methoxy groups -OCH3 is 2. The lowest BCUT2D eigenvalue weighted by atomic mass is 10.2. The second kappa shape index (κ2) is 8.68. The molecule has 0 aliphatic rings. The van der Waals surface area contributed by atoms with Crippen molar-refractivity contribution in [3.8, 4) is 11.5 Å². The van der Waals surface area contributed by atoms with Crippen molar-refractivity contribution in [2.45, 2.75) is 18.2 Å². The van der Waals surface area contributed by atoms with Crippen LogP contribution in [0.1, 0.15) is 23.7 Å². The number of carbonyl (C=O) groups excluding carboxylic acids is 1. The molecule has 0 heterocycles. The Morgan fingerprint density at radius 1 is 1.08 bits per heavy atom. The number of anilines is 1. The molecule has 2 N–H and O–H groups in total. The molecule has 0 unspecified atom stereocenters. The predicted molar refractivity (Wildman–Crippen MR) is 99.4 cm³/mol. The van der Waals surface area contributed by atoms with Crippen LogP contribution in [0.25, 0.3) is 0 Å². The average molecular weight is 378 g/mol. The first-order valence-electron chi connectivity index (χ1n) is 8.04. The van der Waals surface area contributed by atoms with Gasteiger partial charge in [-0.1, -0.05) is 13.0 Å². The van der Waals surface area contributed by atoms with Gasteiger partial charge in [0, 0.05) is 18.2 Å². The van der Waals surface area contributed by atoms with Crippen LogP contribution in [-0.2, 0) is 10.0 Å².